The van der Waals surface area contributed by atoms with E-state index in [1.807, 2.05) is 0 Å². The molecule has 1 unspecified atom stereocenters. The summed E-state index contributed by atoms with van der Waals surface area (Å²) in [6.45, 7) is 6.38. The van der Waals surface area contributed by atoms with Gasteiger partial charge in [0.15, 0.2) is 6.10 Å². The lowest BCUT2D eigenvalue weighted by Crippen LogP contribution is -2.30. The van der Waals surface area contributed by atoms with Crippen LogP contribution >= 0.6 is 0 Å². The van der Waals surface area contributed by atoms with Crippen molar-refractivity contribution >= 4 is 17.9 Å². The maximum atomic E-state index is 12.7. The third-order valence-corrected chi connectivity index (χ3v) is 9.70. The number of rotatable bonds is 41. The van der Waals surface area contributed by atoms with E-state index in [1.54, 1.807) is 0 Å². The monoisotopic (exact) mass is 795 g/mol. The minimum atomic E-state index is -0.788. The normalized spacial score (nSPS) is 12.7. The Balaban J connectivity index is 4.30. The summed E-state index contributed by atoms with van der Waals surface area (Å²) in [5, 5.41) is 0. The highest BCUT2D eigenvalue weighted by atomic mass is 16.6. The zero-order valence-electron chi connectivity index (χ0n) is 37.1. The Morgan fingerprint density at radius 3 is 1.11 bits per heavy atom. The van der Waals surface area contributed by atoms with Crippen molar-refractivity contribution < 1.29 is 28.6 Å². The van der Waals surface area contributed by atoms with Gasteiger partial charge in [-0.3, -0.25) is 14.4 Å². The van der Waals surface area contributed by atoms with Gasteiger partial charge >= 0.3 is 17.9 Å². The fraction of sp³-hybridized carbons (Fsp3) is 0.706. The first-order valence-corrected chi connectivity index (χ1v) is 23.4. The van der Waals surface area contributed by atoms with E-state index in [4.69, 9.17) is 14.2 Å². The maximum absolute atomic E-state index is 12.7. The molecule has 0 aromatic heterocycles. The molecule has 326 valence electrons. The number of allylic oxidation sites excluding steroid dienone is 12. The van der Waals surface area contributed by atoms with Gasteiger partial charge < -0.3 is 14.2 Å². The highest BCUT2D eigenvalue weighted by Crippen LogP contribution is 2.13. The zero-order valence-corrected chi connectivity index (χ0v) is 37.1. The van der Waals surface area contributed by atoms with E-state index in [0.717, 1.165) is 116 Å². The summed E-state index contributed by atoms with van der Waals surface area (Å²) in [6.07, 6.45) is 56.3. The smallest absolute Gasteiger partial charge is 0.306 e. The summed E-state index contributed by atoms with van der Waals surface area (Å²) in [7, 11) is 0. The number of carbonyl (C=O) groups is 3. The molecule has 0 heterocycles. The van der Waals surface area contributed by atoms with Gasteiger partial charge in [-0.15, -0.1) is 0 Å². The average Bonchev–Trinajstić information content (AvgIpc) is 3.21. The topological polar surface area (TPSA) is 78.9 Å². The van der Waals surface area contributed by atoms with Crippen LogP contribution in [0.3, 0.4) is 0 Å². The number of unbranched alkanes of at least 4 members (excludes halogenated alkanes) is 18. The van der Waals surface area contributed by atoms with Crippen LogP contribution in [0.2, 0.25) is 0 Å². The Bertz CT molecular complexity index is 1100. The van der Waals surface area contributed by atoms with E-state index >= 15 is 0 Å². The second-order valence-electron chi connectivity index (χ2n) is 15.3. The number of hydrogen-bond donors (Lipinski definition) is 0. The molecule has 0 aliphatic heterocycles. The number of carbonyl (C=O) groups excluding carboxylic acids is 3. The molecule has 0 aromatic carbocycles. The van der Waals surface area contributed by atoms with Crippen molar-refractivity contribution in [1.82, 2.24) is 0 Å². The average molecular weight is 795 g/mol. The van der Waals surface area contributed by atoms with Gasteiger partial charge in [-0.25, -0.2) is 0 Å². The molecule has 0 fully saturated rings. The van der Waals surface area contributed by atoms with Gasteiger partial charge in [0.1, 0.15) is 13.2 Å². The predicted octanol–water partition coefficient (Wildman–Crippen LogP) is 15.1. The quantitative estimate of drug-likeness (QED) is 0.0265. The minimum absolute atomic E-state index is 0.0908. The molecule has 0 spiro atoms. The van der Waals surface area contributed by atoms with Crippen LogP contribution in [-0.4, -0.2) is 37.2 Å². The molecule has 57 heavy (non-hydrogen) atoms. The molecule has 0 N–H and O–H groups in total. The van der Waals surface area contributed by atoms with Crippen LogP contribution in [0.25, 0.3) is 0 Å². The summed E-state index contributed by atoms with van der Waals surface area (Å²) < 4.78 is 16.6. The van der Waals surface area contributed by atoms with Crippen molar-refractivity contribution in [2.75, 3.05) is 13.2 Å². The molecule has 0 aromatic rings. The summed E-state index contributed by atoms with van der Waals surface area (Å²) in [4.78, 5) is 37.5. The van der Waals surface area contributed by atoms with E-state index < -0.39 is 6.10 Å². The molecule has 0 saturated carbocycles. The number of esters is 3. The first-order chi connectivity index (χ1) is 28.0. The minimum Gasteiger partial charge on any atom is -0.462 e. The molecule has 0 aliphatic rings. The van der Waals surface area contributed by atoms with E-state index in [9.17, 15) is 14.4 Å². The second-order valence-corrected chi connectivity index (χ2v) is 15.3. The molecule has 6 nitrogen and oxygen atoms in total. The van der Waals surface area contributed by atoms with Crippen molar-refractivity contribution in [3.63, 3.8) is 0 Å². The first-order valence-electron chi connectivity index (χ1n) is 23.4. The van der Waals surface area contributed by atoms with Gasteiger partial charge in [-0.1, -0.05) is 177 Å². The van der Waals surface area contributed by atoms with Gasteiger partial charge in [0.2, 0.25) is 0 Å². The SMILES string of the molecule is CC/C=C\C/C=C\C/C=C\C/C=C\C/C=C\CCCCCC(=O)OCC(COC(=O)CCCCCCC)OC(=O)CCCCCCC/C=C\CCCCCCCC. The predicted molar refractivity (Wildman–Crippen MR) is 242 cm³/mol. The Hall–Kier alpha value is -3.15. The van der Waals surface area contributed by atoms with E-state index in [-0.39, 0.29) is 31.1 Å². The molecule has 0 aliphatic carbocycles. The second kappa shape index (κ2) is 45.6. The summed E-state index contributed by atoms with van der Waals surface area (Å²) >= 11 is 0. The lowest BCUT2D eigenvalue weighted by atomic mass is 10.1. The van der Waals surface area contributed by atoms with Crippen molar-refractivity contribution in [3.05, 3.63) is 72.9 Å². The van der Waals surface area contributed by atoms with Crippen LogP contribution in [0.5, 0.6) is 0 Å². The molecular weight excluding hydrogens is 709 g/mol. The van der Waals surface area contributed by atoms with Crippen LogP contribution in [0.4, 0.5) is 0 Å². The molecule has 0 rings (SSSR count). The molecule has 6 heteroatoms. The van der Waals surface area contributed by atoms with E-state index in [1.165, 1.54) is 57.8 Å². The fourth-order valence-electron chi connectivity index (χ4n) is 6.17. The van der Waals surface area contributed by atoms with Crippen LogP contribution < -0.4 is 0 Å². The molecule has 0 amide bonds. The van der Waals surface area contributed by atoms with E-state index in [0.29, 0.717) is 19.3 Å². The van der Waals surface area contributed by atoms with Crippen LogP contribution in [0.15, 0.2) is 72.9 Å². The van der Waals surface area contributed by atoms with Gasteiger partial charge in [0.25, 0.3) is 0 Å². The fourth-order valence-corrected chi connectivity index (χ4v) is 6.17. The van der Waals surface area contributed by atoms with Crippen LogP contribution in [-0.2, 0) is 28.6 Å². The van der Waals surface area contributed by atoms with E-state index in [2.05, 4.69) is 93.7 Å². The number of ether oxygens (including phenoxy) is 3. The van der Waals surface area contributed by atoms with Gasteiger partial charge in [0.05, 0.1) is 0 Å². The zero-order chi connectivity index (χ0) is 41.5. The third-order valence-electron chi connectivity index (χ3n) is 9.70. The van der Waals surface area contributed by atoms with Crippen molar-refractivity contribution in [2.45, 2.75) is 219 Å². The standard InChI is InChI=1S/C51H86O6/c1-4-7-10-13-15-17-19-21-23-24-25-26-28-29-31-33-35-38-41-44-50(53)56-47-48(46-55-49(52)43-40-37-12-9-6-3)57-51(54)45-42-39-36-34-32-30-27-22-20-18-16-14-11-8-5-2/h7,10,15,17,21-23,25-27,29,31,48H,4-6,8-9,11-14,16,18-20,24,28,30,32-47H2,1-3H3/b10-7-,17-15-,23-21-,26-25-,27-22-,31-29-. The largest absolute Gasteiger partial charge is 0.462 e. The van der Waals surface area contributed by atoms with Crippen molar-refractivity contribution in [2.24, 2.45) is 0 Å². The lowest BCUT2D eigenvalue weighted by Gasteiger charge is -2.18. The van der Waals surface area contributed by atoms with Gasteiger partial charge in [-0.2, -0.15) is 0 Å². The summed E-state index contributed by atoms with van der Waals surface area (Å²) in [5.41, 5.74) is 0. The van der Waals surface area contributed by atoms with Gasteiger partial charge in [0, 0.05) is 19.3 Å². The Labute approximate surface area is 351 Å². The van der Waals surface area contributed by atoms with Crippen molar-refractivity contribution in [3.8, 4) is 0 Å². The Kier molecular flexibility index (Phi) is 43.0. The lowest BCUT2D eigenvalue weighted by molar-refractivity contribution is -0.167. The first kappa shape index (κ1) is 53.9. The Morgan fingerprint density at radius 2 is 0.684 bits per heavy atom. The molecule has 0 saturated heterocycles. The van der Waals surface area contributed by atoms with Crippen LogP contribution in [0, 0.1) is 0 Å². The highest BCUT2D eigenvalue weighted by molar-refractivity contribution is 5.71. The van der Waals surface area contributed by atoms with Gasteiger partial charge in [-0.05, 0) is 89.9 Å². The van der Waals surface area contributed by atoms with Crippen LogP contribution in [0.1, 0.15) is 213 Å². The number of hydrogen-bond acceptors (Lipinski definition) is 6. The highest BCUT2D eigenvalue weighted by Gasteiger charge is 2.19. The molecular formula is C51H86O6. The third kappa shape index (κ3) is 43.8. The molecule has 0 radical (unpaired) electrons. The molecule has 1 atom stereocenters. The van der Waals surface area contributed by atoms with Crippen molar-refractivity contribution in [1.29, 1.82) is 0 Å². The summed E-state index contributed by atoms with van der Waals surface area (Å²) in [5.74, 6) is -0.951. The molecule has 0 bridgehead atoms. The maximum Gasteiger partial charge on any atom is 0.306 e. The summed E-state index contributed by atoms with van der Waals surface area (Å²) in [6, 6.07) is 0. The Morgan fingerprint density at radius 1 is 0.368 bits per heavy atom.